The normalized spacial score (nSPS) is 17.4. The zero-order chi connectivity index (χ0) is 25.9. The van der Waals surface area contributed by atoms with E-state index in [2.05, 4.69) is 5.32 Å². The maximum absolute atomic E-state index is 13.7. The smallest absolute Gasteiger partial charge is 0.311 e. The quantitative estimate of drug-likeness (QED) is 0.390. The van der Waals surface area contributed by atoms with Gasteiger partial charge in [-0.05, 0) is 80.9 Å². The van der Waals surface area contributed by atoms with Gasteiger partial charge in [0, 0.05) is 33.9 Å². The Labute approximate surface area is 224 Å². The Balaban J connectivity index is 1.37. The molecule has 0 spiro atoms. The summed E-state index contributed by atoms with van der Waals surface area (Å²) in [7, 11) is 0. The van der Waals surface area contributed by atoms with Crippen LogP contribution < -0.4 is 19.7 Å². The van der Waals surface area contributed by atoms with E-state index in [4.69, 9.17) is 32.7 Å². The van der Waals surface area contributed by atoms with Crippen molar-refractivity contribution in [1.29, 1.82) is 0 Å². The minimum Gasteiger partial charge on any atom is -0.493 e. The SMILES string of the molecule is O=C(O)C1CCOc2cc(Oc3ccc(C(=O)N(c4cccc(Cl)c4)C4CCNCC4)cc3)c(Cl)cc21. The number of benzene rings is 3. The molecule has 37 heavy (non-hydrogen) atoms. The predicted molar refractivity (Wildman–Crippen MR) is 143 cm³/mol. The Bertz CT molecular complexity index is 1310. The molecule has 2 aliphatic heterocycles. The summed E-state index contributed by atoms with van der Waals surface area (Å²) in [5, 5.41) is 13.7. The van der Waals surface area contributed by atoms with E-state index in [1.807, 2.05) is 23.1 Å². The highest BCUT2D eigenvalue weighted by atomic mass is 35.5. The fourth-order valence-corrected chi connectivity index (χ4v) is 5.24. The Kier molecular flexibility index (Phi) is 7.55. The van der Waals surface area contributed by atoms with Gasteiger partial charge in [0.15, 0.2) is 0 Å². The topological polar surface area (TPSA) is 88.1 Å². The molecular formula is C28H26Cl2N2O5. The number of ether oxygens (including phenoxy) is 2. The molecule has 2 N–H and O–H groups in total. The first-order chi connectivity index (χ1) is 17.9. The van der Waals surface area contributed by atoms with Gasteiger partial charge in [0.25, 0.3) is 5.91 Å². The second-order valence-corrected chi connectivity index (χ2v) is 9.95. The number of anilines is 1. The number of carbonyl (C=O) groups excluding carboxylic acids is 1. The summed E-state index contributed by atoms with van der Waals surface area (Å²) in [5.74, 6) is -0.403. The number of hydrogen-bond acceptors (Lipinski definition) is 5. The second-order valence-electron chi connectivity index (χ2n) is 9.11. The third-order valence-electron chi connectivity index (χ3n) is 6.71. The molecule has 2 heterocycles. The molecule has 5 rings (SSSR count). The number of nitrogens with one attached hydrogen (secondary N) is 1. The van der Waals surface area contributed by atoms with E-state index in [1.54, 1.807) is 42.5 Å². The number of amides is 1. The fraction of sp³-hybridized carbons (Fsp3) is 0.286. The molecule has 7 nitrogen and oxygen atoms in total. The Morgan fingerprint density at radius 3 is 2.46 bits per heavy atom. The third kappa shape index (κ3) is 5.54. The molecule has 3 aromatic rings. The van der Waals surface area contributed by atoms with Crippen molar-refractivity contribution >= 4 is 40.8 Å². The van der Waals surface area contributed by atoms with Crippen molar-refractivity contribution in [2.75, 3.05) is 24.6 Å². The van der Waals surface area contributed by atoms with Crippen LogP contribution in [0, 0.1) is 0 Å². The van der Waals surface area contributed by atoms with Crippen LogP contribution in [-0.2, 0) is 4.79 Å². The summed E-state index contributed by atoms with van der Waals surface area (Å²) in [6.07, 6.45) is 2.08. The van der Waals surface area contributed by atoms with Gasteiger partial charge in [-0.15, -0.1) is 0 Å². The molecule has 0 radical (unpaired) electrons. The van der Waals surface area contributed by atoms with Gasteiger partial charge in [0.05, 0.1) is 17.5 Å². The highest BCUT2D eigenvalue weighted by molar-refractivity contribution is 6.32. The van der Waals surface area contributed by atoms with Gasteiger partial charge in [0.2, 0.25) is 0 Å². The van der Waals surface area contributed by atoms with Crippen molar-refractivity contribution in [2.24, 2.45) is 0 Å². The summed E-state index contributed by atoms with van der Waals surface area (Å²) in [6.45, 7) is 2.00. The van der Waals surface area contributed by atoms with Crippen LogP contribution >= 0.6 is 23.2 Å². The predicted octanol–water partition coefficient (Wildman–Crippen LogP) is 6.14. The standard InChI is InChI=1S/C28H26Cl2N2O5/c29-18-2-1-3-20(14-18)32(19-8-11-31-12-9-19)27(33)17-4-6-21(7-5-17)37-26-16-25-23(15-24(26)30)22(28(34)35)10-13-36-25/h1-7,14-16,19,22,31H,8-13H2,(H,34,35). The lowest BCUT2D eigenvalue weighted by molar-refractivity contribution is -0.139. The van der Waals surface area contributed by atoms with Crippen LogP contribution in [0.15, 0.2) is 60.7 Å². The van der Waals surface area contributed by atoms with Gasteiger partial charge < -0.3 is 24.8 Å². The summed E-state index contributed by atoms with van der Waals surface area (Å²) in [4.78, 5) is 27.1. The van der Waals surface area contributed by atoms with Crippen molar-refractivity contribution < 1.29 is 24.2 Å². The number of nitrogens with zero attached hydrogens (tertiary/aromatic N) is 1. The molecule has 0 aromatic heterocycles. The van der Waals surface area contributed by atoms with Crippen molar-refractivity contribution in [3.63, 3.8) is 0 Å². The van der Waals surface area contributed by atoms with E-state index in [1.165, 1.54) is 0 Å². The molecule has 0 saturated carbocycles. The van der Waals surface area contributed by atoms with Gasteiger partial charge in [-0.3, -0.25) is 9.59 Å². The van der Waals surface area contributed by atoms with Crippen LogP contribution in [0.3, 0.4) is 0 Å². The van der Waals surface area contributed by atoms with E-state index in [9.17, 15) is 14.7 Å². The van der Waals surface area contributed by atoms with Crippen molar-refractivity contribution in [3.8, 4) is 17.2 Å². The maximum atomic E-state index is 13.7. The van der Waals surface area contributed by atoms with Gasteiger partial charge >= 0.3 is 5.97 Å². The van der Waals surface area contributed by atoms with Gasteiger partial charge in [0.1, 0.15) is 17.2 Å². The molecule has 3 aromatic carbocycles. The molecular weight excluding hydrogens is 515 g/mol. The van der Waals surface area contributed by atoms with Crippen molar-refractivity contribution in [1.82, 2.24) is 5.32 Å². The summed E-state index contributed by atoms with van der Waals surface area (Å²) >= 11 is 12.7. The molecule has 2 aliphatic rings. The van der Waals surface area contributed by atoms with Crippen molar-refractivity contribution in [3.05, 3.63) is 81.8 Å². The van der Waals surface area contributed by atoms with Crippen LogP contribution in [0.2, 0.25) is 10.0 Å². The van der Waals surface area contributed by atoms with E-state index in [0.717, 1.165) is 31.6 Å². The number of aliphatic carboxylic acids is 1. The molecule has 0 bridgehead atoms. The number of carboxylic acid groups (broad SMARTS) is 1. The summed E-state index contributed by atoms with van der Waals surface area (Å²) in [5.41, 5.74) is 1.83. The molecule has 192 valence electrons. The molecule has 0 aliphatic carbocycles. The van der Waals surface area contributed by atoms with Crippen LogP contribution in [0.4, 0.5) is 5.69 Å². The van der Waals surface area contributed by atoms with Crippen LogP contribution in [0.25, 0.3) is 0 Å². The minimum atomic E-state index is -0.911. The monoisotopic (exact) mass is 540 g/mol. The zero-order valence-corrected chi connectivity index (χ0v) is 21.5. The van der Waals surface area contributed by atoms with E-state index >= 15 is 0 Å². The summed E-state index contributed by atoms with van der Waals surface area (Å²) in [6, 6.07) is 17.5. The van der Waals surface area contributed by atoms with Crippen LogP contribution in [0.5, 0.6) is 17.2 Å². The molecule has 1 amide bonds. The van der Waals surface area contributed by atoms with E-state index in [-0.39, 0.29) is 17.0 Å². The average Bonchev–Trinajstić information content (AvgIpc) is 2.90. The number of fused-ring (bicyclic) bond motifs is 1. The minimum absolute atomic E-state index is 0.0621. The van der Waals surface area contributed by atoms with Crippen molar-refractivity contribution in [2.45, 2.75) is 31.2 Å². The first-order valence-electron chi connectivity index (χ1n) is 12.2. The zero-order valence-electron chi connectivity index (χ0n) is 20.0. The largest absolute Gasteiger partial charge is 0.493 e. The molecule has 9 heteroatoms. The molecule has 1 saturated heterocycles. The third-order valence-corrected chi connectivity index (χ3v) is 7.24. The number of carboxylic acids is 1. The number of halogens is 2. The molecule has 1 atom stereocenters. The average molecular weight is 541 g/mol. The van der Waals surface area contributed by atoms with E-state index < -0.39 is 11.9 Å². The van der Waals surface area contributed by atoms with Gasteiger partial charge in [-0.1, -0.05) is 29.3 Å². The van der Waals surface area contributed by atoms with Gasteiger partial charge in [-0.25, -0.2) is 0 Å². The maximum Gasteiger partial charge on any atom is 0.311 e. The lowest BCUT2D eigenvalue weighted by Crippen LogP contribution is -2.46. The number of piperidine rings is 1. The number of hydrogen-bond donors (Lipinski definition) is 2. The molecule has 1 fully saturated rings. The van der Waals surface area contributed by atoms with Crippen LogP contribution in [0.1, 0.15) is 41.1 Å². The first-order valence-corrected chi connectivity index (χ1v) is 12.9. The second kappa shape index (κ2) is 11.0. The summed E-state index contributed by atoms with van der Waals surface area (Å²) < 4.78 is 11.6. The van der Waals surface area contributed by atoms with Crippen LogP contribution in [-0.4, -0.2) is 42.7 Å². The lowest BCUT2D eigenvalue weighted by Gasteiger charge is -2.35. The Morgan fingerprint density at radius 1 is 1.00 bits per heavy atom. The lowest BCUT2D eigenvalue weighted by atomic mass is 9.93. The highest BCUT2D eigenvalue weighted by Gasteiger charge is 2.30. The Hall–Kier alpha value is -3.26. The first kappa shape index (κ1) is 25.4. The van der Waals surface area contributed by atoms with Gasteiger partial charge in [-0.2, -0.15) is 0 Å². The number of rotatable bonds is 6. The highest BCUT2D eigenvalue weighted by Crippen LogP contribution is 2.42. The fourth-order valence-electron chi connectivity index (χ4n) is 4.84. The van der Waals surface area contributed by atoms with E-state index in [0.29, 0.717) is 46.4 Å². The number of carbonyl (C=O) groups is 2. The molecule has 1 unspecified atom stereocenters. The Morgan fingerprint density at radius 2 is 1.76 bits per heavy atom.